The van der Waals surface area contributed by atoms with Gasteiger partial charge in [-0.05, 0) is 36.5 Å². The maximum absolute atomic E-state index is 13.6. The number of benzene rings is 2. The molecule has 4 rings (SSSR count). The molecule has 1 fully saturated rings. The number of carbonyl (C=O) groups is 1. The first-order valence-corrected chi connectivity index (χ1v) is 11.7. The molecule has 5 N–H and O–H groups in total. The number of hydrogen-bond acceptors (Lipinski definition) is 7. The Morgan fingerprint density at radius 2 is 1.81 bits per heavy atom. The monoisotopic (exact) mass is 482 g/mol. The Balaban J connectivity index is 1.52. The molecule has 0 bridgehead atoms. The molecule has 1 aromatic heterocycles. The van der Waals surface area contributed by atoms with Crippen molar-refractivity contribution in [2.75, 3.05) is 18.9 Å². The Morgan fingerprint density at radius 1 is 1.11 bits per heavy atom. The number of nitrogens with one attached hydrogen (secondary N) is 1. The number of carbonyl (C=O) groups excluding carboxylic acids is 1. The molecule has 0 saturated carbocycles. The van der Waals surface area contributed by atoms with Crippen LogP contribution in [-0.2, 0) is 14.9 Å². The lowest BCUT2D eigenvalue weighted by molar-refractivity contribution is -0.129. The van der Waals surface area contributed by atoms with Gasteiger partial charge >= 0.3 is 0 Å². The van der Waals surface area contributed by atoms with E-state index < -0.39 is 5.41 Å². The number of aliphatic imine (C=N–C) groups is 1. The molecule has 184 valence electrons. The molecule has 1 saturated heterocycles. The highest BCUT2D eigenvalue weighted by Crippen LogP contribution is 2.36. The molecule has 0 aliphatic carbocycles. The van der Waals surface area contributed by atoms with E-state index in [1.807, 2.05) is 55.5 Å². The molecule has 8 heteroatoms. The van der Waals surface area contributed by atoms with Gasteiger partial charge in [-0.2, -0.15) is 0 Å². The molecule has 0 spiro atoms. The summed E-state index contributed by atoms with van der Waals surface area (Å²) in [5.41, 5.74) is 16.1. The van der Waals surface area contributed by atoms with Gasteiger partial charge in [0.05, 0.1) is 5.41 Å². The third kappa shape index (κ3) is 5.50. The van der Waals surface area contributed by atoms with Crippen molar-refractivity contribution in [2.45, 2.75) is 25.2 Å². The predicted octanol–water partition coefficient (Wildman–Crippen LogP) is 3.74. The van der Waals surface area contributed by atoms with Gasteiger partial charge in [0.2, 0.25) is 11.9 Å². The number of hydrogen-bond donors (Lipinski definition) is 3. The van der Waals surface area contributed by atoms with Gasteiger partial charge < -0.3 is 21.5 Å². The van der Waals surface area contributed by atoms with Crippen molar-refractivity contribution in [3.63, 3.8) is 0 Å². The van der Waals surface area contributed by atoms with E-state index in [1.54, 1.807) is 18.6 Å². The van der Waals surface area contributed by atoms with Gasteiger partial charge in [-0.15, -0.1) is 0 Å². The standard InChI is InChI=1S/C28H30N6O2/c1-19-4-3-5-22(14-19)23(15-29)16-31-20(2)34-26(35)28(10-12-36-13-11-28)25-8-6-21(7-9-25)24-17-32-27(30)33-18-24/h3-9,14-18H,2,10-13,29H2,1H3,(H,34,35)(H2,30,32,33)/b23-15+,31-16?. The fourth-order valence-electron chi connectivity index (χ4n) is 4.30. The molecule has 36 heavy (non-hydrogen) atoms. The van der Waals surface area contributed by atoms with Gasteiger partial charge in [-0.1, -0.05) is 60.7 Å². The van der Waals surface area contributed by atoms with Crippen LogP contribution in [0.3, 0.4) is 0 Å². The maximum atomic E-state index is 13.6. The fourth-order valence-corrected chi connectivity index (χ4v) is 4.30. The summed E-state index contributed by atoms with van der Waals surface area (Å²) < 4.78 is 5.58. The Morgan fingerprint density at radius 3 is 2.44 bits per heavy atom. The molecule has 1 aliphatic heterocycles. The zero-order valence-corrected chi connectivity index (χ0v) is 20.3. The highest BCUT2D eigenvalue weighted by molar-refractivity contribution is 6.10. The van der Waals surface area contributed by atoms with E-state index in [1.165, 1.54) is 6.20 Å². The van der Waals surface area contributed by atoms with Crippen molar-refractivity contribution in [3.8, 4) is 11.1 Å². The lowest BCUT2D eigenvalue weighted by Crippen LogP contribution is -2.47. The number of anilines is 1. The Labute approximate surface area is 210 Å². The molecule has 1 amide bonds. The first kappa shape index (κ1) is 24.8. The smallest absolute Gasteiger partial charge is 0.236 e. The van der Waals surface area contributed by atoms with Crippen LogP contribution in [0.1, 0.15) is 29.5 Å². The van der Waals surface area contributed by atoms with Crippen LogP contribution in [0.4, 0.5) is 5.95 Å². The molecule has 0 unspecified atom stereocenters. The molecular weight excluding hydrogens is 452 g/mol. The van der Waals surface area contributed by atoms with Crippen LogP contribution in [0.15, 0.2) is 84.5 Å². The quantitative estimate of drug-likeness (QED) is 0.440. The third-order valence-corrected chi connectivity index (χ3v) is 6.37. The molecule has 2 aromatic carbocycles. The number of aromatic nitrogens is 2. The van der Waals surface area contributed by atoms with E-state index in [9.17, 15) is 4.79 Å². The third-order valence-electron chi connectivity index (χ3n) is 6.37. The largest absolute Gasteiger partial charge is 0.404 e. The second kappa shape index (κ2) is 11.0. The number of rotatable bonds is 7. The summed E-state index contributed by atoms with van der Waals surface area (Å²) in [5, 5.41) is 2.89. The van der Waals surface area contributed by atoms with Crippen molar-refractivity contribution in [1.82, 2.24) is 15.3 Å². The van der Waals surface area contributed by atoms with Crippen LogP contribution in [0.5, 0.6) is 0 Å². The molecule has 1 aliphatic rings. The summed E-state index contributed by atoms with van der Waals surface area (Å²) in [7, 11) is 0. The zero-order chi connectivity index (χ0) is 25.5. The van der Waals surface area contributed by atoms with Gasteiger partial charge in [0.15, 0.2) is 0 Å². The Hall–Kier alpha value is -4.30. The van der Waals surface area contributed by atoms with Crippen LogP contribution in [0, 0.1) is 6.92 Å². The van der Waals surface area contributed by atoms with Crippen molar-refractivity contribution < 1.29 is 9.53 Å². The Kier molecular flexibility index (Phi) is 7.56. The lowest BCUT2D eigenvalue weighted by Gasteiger charge is -2.36. The van der Waals surface area contributed by atoms with E-state index in [0.717, 1.165) is 33.4 Å². The zero-order valence-electron chi connectivity index (χ0n) is 20.3. The van der Waals surface area contributed by atoms with Gasteiger partial charge in [0, 0.05) is 49.2 Å². The first-order chi connectivity index (χ1) is 17.4. The van der Waals surface area contributed by atoms with Gasteiger partial charge in [-0.25, -0.2) is 15.0 Å². The number of nitrogen functional groups attached to an aromatic ring is 1. The van der Waals surface area contributed by atoms with Crippen molar-refractivity contribution in [2.24, 2.45) is 10.7 Å². The number of allylic oxidation sites excluding steroid dienone is 1. The minimum absolute atomic E-state index is 0.162. The van der Waals surface area contributed by atoms with E-state index in [-0.39, 0.29) is 17.7 Å². The highest BCUT2D eigenvalue weighted by Gasteiger charge is 2.41. The van der Waals surface area contributed by atoms with Crippen LogP contribution in [0.2, 0.25) is 0 Å². The summed E-state index contributed by atoms with van der Waals surface area (Å²) in [5.74, 6) is 0.308. The number of amides is 1. The normalized spacial score (nSPS) is 15.5. The summed E-state index contributed by atoms with van der Waals surface area (Å²) in [4.78, 5) is 26.1. The van der Waals surface area contributed by atoms with Crippen molar-refractivity contribution in [1.29, 1.82) is 0 Å². The Bertz CT molecular complexity index is 1290. The number of nitrogens with two attached hydrogens (primary N) is 2. The van der Waals surface area contributed by atoms with Gasteiger partial charge in [0.1, 0.15) is 5.82 Å². The van der Waals surface area contributed by atoms with Crippen LogP contribution in [-0.4, -0.2) is 35.3 Å². The van der Waals surface area contributed by atoms with E-state index in [2.05, 4.69) is 26.9 Å². The summed E-state index contributed by atoms with van der Waals surface area (Å²) >= 11 is 0. The maximum Gasteiger partial charge on any atom is 0.236 e. The number of ether oxygens (including phenoxy) is 1. The topological polar surface area (TPSA) is 129 Å². The van der Waals surface area contributed by atoms with Gasteiger partial charge in [-0.3, -0.25) is 4.79 Å². The summed E-state index contributed by atoms with van der Waals surface area (Å²) in [6.45, 7) is 6.93. The predicted molar refractivity (Wildman–Crippen MR) is 143 cm³/mol. The average molecular weight is 483 g/mol. The average Bonchev–Trinajstić information content (AvgIpc) is 2.90. The molecule has 0 atom stereocenters. The van der Waals surface area contributed by atoms with Crippen LogP contribution < -0.4 is 16.8 Å². The second-order valence-electron chi connectivity index (χ2n) is 8.75. The second-order valence-corrected chi connectivity index (χ2v) is 8.75. The lowest BCUT2D eigenvalue weighted by atomic mass is 9.73. The number of aryl methyl sites for hydroxylation is 1. The number of nitrogens with zero attached hydrogens (tertiary/aromatic N) is 3. The van der Waals surface area contributed by atoms with Crippen molar-refractivity contribution in [3.05, 3.63) is 96.2 Å². The van der Waals surface area contributed by atoms with E-state index >= 15 is 0 Å². The molecule has 2 heterocycles. The minimum Gasteiger partial charge on any atom is -0.404 e. The van der Waals surface area contributed by atoms with E-state index in [0.29, 0.717) is 26.1 Å². The van der Waals surface area contributed by atoms with E-state index in [4.69, 9.17) is 16.2 Å². The van der Waals surface area contributed by atoms with Crippen LogP contribution >= 0.6 is 0 Å². The van der Waals surface area contributed by atoms with Crippen molar-refractivity contribution >= 4 is 23.6 Å². The first-order valence-electron chi connectivity index (χ1n) is 11.7. The van der Waals surface area contributed by atoms with Crippen LogP contribution in [0.25, 0.3) is 16.7 Å². The highest BCUT2D eigenvalue weighted by atomic mass is 16.5. The fraction of sp³-hybridized carbons (Fsp3) is 0.214. The SMILES string of the molecule is C=C(N=C/C(=C\N)c1cccc(C)c1)NC(=O)C1(c2ccc(-c3cnc(N)nc3)cc2)CCOCC1. The van der Waals surface area contributed by atoms with Gasteiger partial charge in [0.25, 0.3) is 0 Å². The molecule has 8 nitrogen and oxygen atoms in total. The minimum atomic E-state index is -0.754. The molecule has 0 radical (unpaired) electrons. The summed E-state index contributed by atoms with van der Waals surface area (Å²) in [6.07, 6.45) is 7.56. The molecule has 3 aromatic rings. The molecular formula is C28H30N6O2. The summed E-state index contributed by atoms with van der Waals surface area (Å²) in [6, 6.07) is 15.8.